The van der Waals surface area contributed by atoms with E-state index < -0.39 is 0 Å². The molecule has 0 aliphatic carbocycles. The molecule has 1 fully saturated rings. The van der Waals surface area contributed by atoms with Crippen LogP contribution in [-0.4, -0.2) is 98.1 Å². The van der Waals surface area contributed by atoms with Crippen molar-refractivity contribution in [1.82, 2.24) is 5.06 Å². The van der Waals surface area contributed by atoms with E-state index in [0.29, 0.717) is 86.0 Å². The van der Waals surface area contributed by atoms with E-state index in [4.69, 9.17) is 33.3 Å². The summed E-state index contributed by atoms with van der Waals surface area (Å²) in [5.41, 5.74) is 0. The molecule has 1 aliphatic heterocycles. The van der Waals surface area contributed by atoms with Crippen LogP contribution in [0.25, 0.3) is 0 Å². The van der Waals surface area contributed by atoms with Gasteiger partial charge in [-0.2, -0.15) is 5.06 Å². The molecule has 1 heterocycles. The number of ether oxygens (including phenoxy) is 6. The lowest BCUT2D eigenvalue weighted by Crippen LogP contribution is -2.32. The van der Waals surface area contributed by atoms with Gasteiger partial charge in [-0.25, -0.2) is 0 Å². The molecule has 0 spiro atoms. The number of nitrogens with zero attached hydrogens (tertiary/aromatic N) is 1. The molecule has 0 bridgehead atoms. The molecule has 1 saturated heterocycles. The Morgan fingerprint density at radius 1 is 0.682 bits per heavy atom. The highest BCUT2D eigenvalue weighted by Gasteiger charge is 2.05. The second-order valence-electron chi connectivity index (χ2n) is 4.52. The van der Waals surface area contributed by atoms with Crippen LogP contribution in [0.4, 0.5) is 0 Å². The fourth-order valence-electron chi connectivity index (χ4n) is 1.63. The van der Waals surface area contributed by atoms with Gasteiger partial charge in [-0.05, 0) is 0 Å². The smallest absolute Gasteiger partial charge is 0.122 e. The Morgan fingerprint density at radius 3 is 1.64 bits per heavy atom. The van der Waals surface area contributed by atoms with E-state index in [-0.39, 0.29) is 0 Å². The average Bonchev–Trinajstić information content (AvgIpc) is 2.53. The van der Waals surface area contributed by atoms with E-state index in [9.17, 15) is 0 Å². The van der Waals surface area contributed by atoms with Gasteiger partial charge in [-0.1, -0.05) is 0 Å². The zero-order valence-corrected chi connectivity index (χ0v) is 13.5. The lowest BCUT2D eigenvalue weighted by atomic mass is 10.6. The zero-order valence-electron chi connectivity index (χ0n) is 13.5. The van der Waals surface area contributed by atoms with Crippen LogP contribution in [0.15, 0.2) is 0 Å². The minimum atomic E-state index is 0.367. The van der Waals surface area contributed by atoms with Crippen molar-refractivity contribution >= 4 is 0 Å². The topological polar surface area (TPSA) is 67.9 Å². The van der Waals surface area contributed by atoms with Crippen LogP contribution in [0.2, 0.25) is 0 Å². The van der Waals surface area contributed by atoms with Gasteiger partial charge >= 0.3 is 0 Å². The van der Waals surface area contributed by atoms with Crippen LogP contribution in [-0.2, 0) is 33.3 Å². The molecule has 0 saturated carbocycles. The fourth-order valence-corrected chi connectivity index (χ4v) is 1.63. The summed E-state index contributed by atoms with van der Waals surface area (Å²) in [5, 5.41) is 1.72. The molecule has 0 aromatic rings. The van der Waals surface area contributed by atoms with Crippen LogP contribution in [0.1, 0.15) is 0 Å². The second-order valence-corrected chi connectivity index (χ2v) is 4.52. The maximum absolute atomic E-state index is 5.59. The van der Waals surface area contributed by atoms with Crippen LogP contribution in [0, 0.1) is 0 Å². The molecule has 0 unspecified atom stereocenters. The molecule has 1 aliphatic rings. The lowest BCUT2D eigenvalue weighted by molar-refractivity contribution is -0.221. The SMILES string of the molecule is COCCN1COCCOCCOCCOCCOCCO1. The summed E-state index contributed by atoms with van der Waals surface area (Å²) < 4.78 is 32.1. The van der Waals surface area contributed by atoms with E-state index >= 15 is 0 Å². The number of hydrogen-bond donors (Lipinski definition) is 0. The maximum Gasteiger partial charge on any atom is 0.122 e. The summed E-state index contributed by atoms with van der Waals surface area (Å²) in [6.45, 7) is 6.92. The van der Waals surface area contributed by atoms with Crippen molar-refractivity contribution in [2.75, 3.05) is 93.1 Å². The molecule has 0 atom stereocenters. The molecular formula is C14H29NO7. The zero-order chi connectivity index (χ0) is 15.7. The second kappa shape index (κ2) is 15.6. The maximum atomic E-state index is 5.59. The number of methoxy groups -OCH3 is 1. The molecule has 132 valence electrons. The Morgan fingerprint density at radius 2 is 1.14 bits per heavy atom. The van der Waals surface area contributed by atoms with Gasteiger partial charge in [0.2, 0.25) is 0 Å². The number of rotatable bonds is 3. The molecule has 8 heteroatoms. The van der Waals surface area contributed by atoms with E-state index in [2.05, 4.69) is 0 Å². The predicted octanol–water partition coefficient (Wildman–Crippen LogP) is -0.0795. The molecule has 0 aromatic carbocycles. The standard InChI is InChI=1S/C14H29NO7/c1-16-3-2-15-14-21-11-10-19-7-6-17-4-5-18-8-9-20-12-13-22-15/h2-14H2,1H3. The van der Waals surface area contributed by atoms with Crippen LogP contribution < -0.4 is 0 Å². The van der Waals surface area contributed by atoms with Crippen molar-refractivity contribution in [1.29, 1.82) is 0 Å². The fraction of sp³-hybridized carbons (Fsp3) is 1.00. The van der Waals surface area contributed by atoms with E-state index in [1.807, 2.05) is 0 Å². The van der Waals surface area contributed by atoms with E-state index in [1.54, 1.807) is 12.2 Å². The van der Waals surface area contributed by atoms with Crippen molar-refractivity contribution in [3.8, 4) is 0 Å². The summed E-state index contributed by atoms with van der Waals surface area (Å²) in [5.74, 6) is 0. The Balaban J connectivity index is 2.20. The van der Waals surface area contributed by atoms with E-state index in [1.165, 1.54) is 0 Å². The third-order valence-corrected chi connectivity index (χ3v) is 2.77. The summed E-state index contributed by atoms with van der Waals surface area (Å²) in [4.78, 5) is 5.59. The molecule has 22 heavy (non-hydrogen) atoms. The van der Waals surface area contributed by atoms with Crippen molar-refractivity contribution in [2.45, 2.75) is 0 Å². The van der Waals surface area contributed by atoms with Gasteiger partial charge < -0.3 is 28.4 Å². The molecule has 1 rings (SSSR count). The predicted molar refractivity (Wildman–Crippen MR) is 78.6 cm³/mol. The third kappa shape index (κ3) is 12.2. The largest absolute Gasteiger partial charge is 0.383 e. The normalized spacial score (nSPS) is 22.8. The quantitative estimate of drug-likeness (QED) is 0.714. The van der Waals surface area contributed by atoms with Gasteiger partial charge in [-0.3, -0.25) is 4.84 Å². The Hall–Kier alpha value is -0.320. The third-order valence-electron chi connectivity index (χ3n) is 2.77. The Kier molecular flexibility index (Phi) is 14.0. The first-order valence-corrected chi connectivity index (χ1v) is 7.69. The first kappa shape index (κ1) is 19.7. The molecule has 0 N–H and O–H groups in total. The molecule has 0 radical (unpaired) electrons. The van der Waals surface area contributed by atoms with Crippen LogP contribution in [0.3, 0.4) is 0 Å². The summed E-state index contributed by atoms with van der Waals surface area (Å²) in [6, 6.07) is 0. The Bertz CT molecular complexity index is 215. The molecular weight excluding hydrogens is 294 g/mol. The summed E-state index contributed by atoms with van der Waals surface area (Å²) in [6.07, 6.45) is 0. The number of hydrogen-bond acceptors (Lipinski definition) is 8. The van der Waals surface area contributed by atoms with Gasteiger partial charge in [0.1, 0.15) is 6.73 Å². The highest BCUT2D eigenvalue weighted by Crippen LogP contribution is 1.94. The highest BCUT2D eigenvalue weighted by atomic mass is 16.7. The monoisotopic (exact) mass is 323 g/mol. The number of hydroxylamine groups is 2. The van der Waals surface area contributed by atoms with Crippen molar-refractivity contribution in [3.63, 3.8) is 0 Å². The minimum Gasteiger partial charge on any atom is -0.383 e. The minimum absolute atomic E-state index is 0.367. The van der Waals surface area contributed by atoms with Crippen LogP contribution in [0.5, 0.6) is 0 Å². The average molecular weight is 323 g/mol. The van der Waals surface area contributed by atoms with Gasteiger partial charge in [0.05, 0.1) is 79.2 Å². The van der Waals surface area contributed by atoms with Crippen molar-refractivity contribution in [3.05, 3.63) is 0 Å². The highest BCUT2D eigenvalue weighted by molar-refractivity contribution is 4.41. The Labute approximate surface area is 132 Å². The van der Waals surface area contributed by atoms with Crippen molar-refractivity contribution < 1.29 is 33.3 Å². The molecule has 0 aromatic heterocycles. The first-order valence-electron chi connectivity index (χ1n) is 7.69. The van der Waals surface area contributed by atoms with Gasteiger partial charge in [-0.15, -0.1) is 0 Å². The van der Waals surface area contributed by atoms with Gasteiger partial charge in [0.25, 0.3) is 0 Å². The van der Waals surface area contributed by atoms with Crippen molar-refractivity contribution in [2.24, 2.45) is 0 Å². The van der Waals surface area contributed by atoms with Gasteiger partial charge in [0.15, 0.2) is 0 Å². The van der Waals surface area contributed by atoms with E-state index in [0.717, 1.165) is 0 Å². The van der Waals surface area contributed by atoms with Crippen LogP contribution >= 0.6 is 0 Å². The molecule has 8 nitrogen and oxygen atoms in total. The summed E-state index contributed by atoms with van der Waals surface area (Å²) in [7, 11) is 1.65. The summed E-state index contributed by atoms with van der Waals surface area (Å²) >= 11 is 0. The van der Waals surface area contributed by atoms with Gasteiger partial charge in [0, 0.05) is 7.11 Å². The molecule has 0 amide bonds. The lowest BCUT2D eigenvalue weighted by Gasteiger charge is -2.21. The first-order chi connectivity index (χ1) is 10.9.